The van der Waals surface area contributed by atoms with Crippen LogP contribution in [0.15, 0.2) is 0 Å². The summed E-state index contributed by atoms with van der Waals surface area (Å²) in [6, 6.07) is 0. The third-order valence-electron chi connectivity index (χ3n) is 0.482. The Morgan fingerprint density at radius 2 is 2.14 bits per heavy atom. The Morgan fingerprint density at radius 1 is 1.57 bits per heavy atom. The van der Waals surface area contributed by atoms with Gasteiger partial charge in [0, 0.05) is 6.61 Å². The summed E-state index contributed by atoms with van der Waals surface area (Å²) < 4.78 is 5.04. The Morgan fingerprint density at radius 3 is 2.29 bits per heavy atom. The molecule has 0 radical (unpaired) electrons. The SMILES string of the molecule is C[Si-](C)OCCO. The summed E-state index contributed by atoms with van der Waals surface area (Å²) in [6.45, 7) is 4.73. The maximum atomic E-state index is 8.21. The molecule has 0 spiro atoms. The molecular weight excluding hydrogens is 108 g/mol. The van der Waals surface area contributed by atoms with E-state index >= 15 is 0 Å². The van der Waals surface area contributed by atoms with Gasteiger partial charge in [0.25, 0.3) is 0 Å². The molecule has 0 amide bonds. The van der Waals surface area contributed by atoms with Crippen LogP contribution in [0, 0.1) is 0 Å². The molecule has 0 unspecified atom stereocenters. The standard InChI is InChI=1S/C4H11O2Si/c1-7(2)6-4-3-5/h5H,3-4H2,1-2H3/q-1. The van der Waals surface area contributed by atoms with Crippen molar-refractivity contribution in [2.75, 3.05) is 13.2 Å². The maximum Gasteiger partial charge on any atom is 0.0626 e. The fraction of sp³-hybridized carbons (Fsp3) is 1.00. The Kier molecular flexibility index (Phi) is 4.38. The van der Waals surface area contributed by atoms with Crippen LogP contribution in [0.3, 0.4) is 0 Å². The van der Waals surface area contributed by atoms with Gasteiger partial charge in [0.1, 0.15) is 0 Å². The summed E-state index contributed by atoms with van der Waals surface area (Å²) in [6.07, 6.45) is 0. The number of aliphatic hydroxyl groups is 1. The van der Waals surface area contributed by atoms with Crippen molar-refractivity contribution in [3.63, 3.8) is 0 Å². The molecule has 0 aliphatic carbocycles. The monoisotopic (exact) mass is 119 g/mol. The highest BCUT2D eigenvalue weighted by Crippen LogP contribution is 1.79. The predicted octanol–water partition coefficient (Wildman–Crippen LogP) is 0.246. The van der Waals surface area contributed by atoms with Crippen molar-refractivity contribution in [1.82, 2.24) is 0 Å². The normalized spacial score (nSPS) is 10.3. The lowest BCUT2D eigenvalue weighted by atomic mass is 10.8. The molecular formula is C4H11O2Si-. The van der Waals surface area contributed by atoms with Crippen LogP contribution in [0.5, 0.6) is 0 Å². The second-order valence-electron chi connectivity index (χ2n) is 1.48. The van der Waals surface area contributed by atoms with Crippen LogP contribution in [-0.4, -0.2) is 27.4 Å². The van der Waals surface area contributed by atoms with Crippen LogP contribution < -0.4 is 0 Å². The largest absolute Gasteiger partial charge is 0.587 e. The zero-order chi connectivity index (χ0) is 5.70. The quantitative estimate of drug-likeness (QED) is 0.539. The van der Waals surface area contributed by atoms with E-state index in [1.54, 1.807) is 0 Å². The van der Waals surface area contributed by atoms with Crippen molar-refractivity contribution in [2.24, 2.45) is 0 Å². The first-order valence-corrected chi connectivity index (χ1v) is 4.72. The average molecular weight is 119 g/mol. The fourth-order valence-electron chi connectivity index (χ4n) is 0.250. The summed E-state index contributed by atoms with van der Waals surface area (Å²) in [5.41, 5.74) is 0. The molecule has 0 saturated heterocycles. The number of hydrogen-bond donors (Lipinski definition) is 1. The summed E-state index contributed by atoms with van der Waals surface area (Å²) in [5, 5.41) is 8.21. The lowest BCUT2D eigenvalue weighted by Gasteiger charge is -2.17. The topological polar surface area (TPSA) is 29.5 Å². The van der Waals surface area contributed by atoms with Gasteiger partial charge in [0.15, 0.2) is 0 Å². The second kappa shape index (κ2) is 4.30. The van der Waals surface area contributed by atoms with Gasteiger partial charge in [-0.05, 0) is 0 Å². The zero-order valence-corrected chi connectivity index (χ0v) is 5.77. The van der Waals surface area contributed by atoms with Crippen molar-refractivity contribution in [2.45, 2.75) is 13.1 Å². The van der Waals surface area contributed by atoms with Crippen molar-refractivity contribution >= 4 is 9.04 Å². The minimum absolute atomic E-state index is 0.149. The first kappa shape index (κ1) is 7.14. The number of hydrogen-bond acceptors (Lipinski definition) is 2. The zero-order valence-electron chi connectivity index (χ0n) is 4.77. The fourth-order valence-corrected chi connectivity index (χ4v) is 0.749. The summed E-state index contributed by atoms with van der Waals surface area (Å²) in [5.74, 6) is 0. The molecule has 0 atom stereocenters. The van der Waals surface area contributed by atoms with E-state index < -0.39 is 9.04 Å². The summed E-state index contributed by atoms with van der Waals surface area (Å²) in [4.78, 5) is 0. The second-order valence-corrected chi connectivity index (χ2v) is 3.59. The van der Waals surface area contributed by atoms with Crippen LogP contribution in [0.25, 0.3) is 0 Å². The van der Waals surface area contributed by atoms with Gasteiger partial charge < -0.3 is 9.53 Å². The molecule has 0 bridgehead atoms. The van der Waals surface area contributed by atoms with Crippen molar-refractivity contribution in [3.8, 4) is 0 Å². The first-order valence-electron chi connectivity index (χ1n) is 2.31. The van der Waals surface area contributed by atoms with Gasteiger partial charge in [0.05, 0.1) is 6.61 Å². The molecule has 0 aromatic heterocycles. The molecule has 0 aliphatic heterocycles. The van der Waals surface area contributed by atoms with E-state index in [0.29, 0.717) is 6.61 Å². The number of rotatable bonds is 3. The summed E-state index contributed by atoms with van der Waals surface area (Å²) in [7, 11) is -0.557. The van der Waals surface area contributed by atoms with Gasteiger partial charge in [-0.2, -0.15) is 13.1 Å². The van der Waals surface area contributed by atoms with Crippen molar-refractivity contribution < 1.29 is 9.53 Å². The molecule has 0 aliphatic rings. The molecule has 0 rings (SSSR count). The van der Waals surface area contributed by atoms with E-state index in [0.717, 1.165) is 0 Å². The van der Waals surface area contributed by atoms with Gasteiger partial charge in [-0.25, -0.2) is 0 Å². The third kappa shape index (κ3) is 6.14. The van der Waals surface area contributed by atoms with Crippen LogP contribution >= 0.6 is 0 Å². The summed E-state index contributed by atoms with van der Waals surface area (Å²) >= 11 is 0. The van der Waals surface area contributed by atoms with E-state index in [1.165, 1.54) is 0 Å². The van der Waals surface area contributed by atoms with Gasteiger partial charge in [-0.1, -0.05) is 0 Å². The molecule has 0 aromatic rings. The van der Waals surface area contributed by atoms with E-state index in [2.05, 4.69) is 0 Å². The van der Waals surface area contributed by atoms with Gasteiger partial charge in [-0.15, -0.1) is 9.04 Å². The molecule has 0 aromatic carbocycles. The highest BCUT2D eigenvalue weighted by molar-refractivity contribution is 6.48. The minimum Gasteiger partial charge on any atom is -0.587 e. The van der Waals surface area contributed by atoms with Crippen LogP contribution in [0.1, 0.15) is 0 Å². The molecule has 1 N–H and O–H groups in total. The van der Waals surface area contributed by atoms with E-state index in [-0.39, 0.29) is 6.61 Å². The Hall–Kier alpha value is 0.137. The molecule has 0 heterocycles. The van der Waals surface area contributed by atoms with Gasteiger partial charge in [0.2, 0.25) is 0 Å². The minimum atomic E-state index is -0.557. The van der Waals surface area contributed by atoms with Crippen LogP contribution in [-0.2, 0) is 4.43 Å². The predicted molar refractivity (Wildman–Crippen MR) is 30.5 cm³/mol. The smallest absolute Gasteiger partial charge is 0.0626 e. The van der Waals surface area contributed by atoms with Gasteiger partial charge >= 0.3 is 0 Å². The highest BCUT2D eigenvalue weighted by Gasteiger charge is 1.75. The van der Waals surface area contributed by atoms with Crippen LogP contribution in [0.4, 0.5) is 0 Å². The van der Waals surface area contributed by atoms with Crippen LogP contribution in [0.2, 0.25) is 13.1 Å². The molecule has 2 nitrogen and oxygen atoms in total. The molecule has 7 heavy (non-hydrogen) atoms. The average Bonchev–Trinajstić information content (AvgIpc) is 1.61. The molecule has 3 heteroatoms. The molecule has 0 fully saturated rings. The lowest BCUT2D eigenvalue weighted by Crippen LogP contribution is -2.10. The first-order chi connectivity index (χ1) is 3.27. The third-order valence-corrected chi connectivity index (χ3v) is 1.26. The number of aliphatic hydroxyl groups excluding tert-OH is 1. The lowest BCUT2D eigenvalue weighted by molar-refractivity contribution is 0.203. The van der Waals surface area contributed by atoms with E-state index in [4.69, 9.17) is 9.53 Å². The Labute approximate surface area is 45.8 Å². The highest BCUT2D eigenvalue weighted by atomic mass is 28.3. The van der Waals surface area contributed by atoms with E-state index in [9.17, 15) is 0 Å². The molecule has 44 valence electrons. The van der Waals surface area contributed by atoms with Gasteiger partial charge in [-0.3, -0.25) is 0 Å². The Bertz CT molecular complexity index is 38.7. The molecule has 0 saturated carbocycles. The van der Waals surface area contributed by atoms with Crippen molar-refractivity contribution in [3.05, 3.63) is 0 Å². The van der Waals surface area contributed by atoms with E-state index in [1.807, 2.05) is 13.1 Å². The maximum absolute atomic E-state index is 8.21. The Balaban J connectivity index is 2.68. The van der Waals surface area contributed by atoms with Crippen molar-refractivity contribution in [1.29, 1.82) is 0 Å².